The molecule has 0 aliphatic heterocycles. The maximum Gasteiger partial charge on any atom is 0.289 e. The quantitative estimate of drug-likeness (QED) is 0.506. The maximum atomic E-state index is 12.2. The molecule has 0 radical (unpaired) electrons. The first-order valence-corrected chi connectivity index (χ1v) is 8.29. The van der Waals surface area contributed by atoms with E-state index < -0.39 is 0 Å². The van der Waals surface area contributed by atoms with Crippen LogP contribution in [-0.2, 0) is 0 Å². The van der Waals surface area contributed by atoms with Crippen LogP contribution in [0, 0.1) is 0 Å². The molecule has 1 aromatic carbocycles. The Morgan fingerprint density at radius 2 is 2.19 bits per heavy atom. The summed E-state index contributed by atoms with van der Waals surface area (Å²) >= 11 is 0. The lowest BCUT2D eigenvalue weighted by atomic mass is 10.1. The summed E-state index contributed by atoms with van der Waals surface area (Å²) in [6.07, 6.45) is 5.76. The second-order valence-electron chi connectivity index (χ2n) is 5.50. The van der Waals surface area contributed by atoms with Gasteiger partial charge >= 0.3 is 0 Å². The minimum absolute atomic E-state index is 0.314. The summed E-state index contributed by atoms with van der Waals surface area (Å²) in [5.74, 6) is 0.359. The van der Waals surface area contributed by atoms with E-state index in [1.165, 1.54) is 6.21 Å². The van der Waals surface area contributed by atoms with Gasteiger partial charge in [0.25, 0.3) is 5.91 Å². The van der Waals surface area contributed by atoms with E-state index in [1.807, 2.05) is 37.3 Å². The van der Waals surface area contributed by atoms with Gasteiger partial charge in [-0.2, -0.15) is 10.2 Å². The summed E-state index contributed by atoms with van der Waals surface area (Å²) in [6, 6.07) is 12.9. The number of nitrogens with one attached hydrogen (secondary N) is 2. The molecule has 1 amide bonds. The number of aromatic amines is 1. The third kappa shape index (κ3) is 4.32. The minimum Gasteiger partial charge on any atom is -0.493 e. The second-order valence-corrected chi connectivity index (χ2v) is 5.50. The largest absolute Gasteiger partial charge is 0.493 e. The molecule has 0 aliphatic carbocycles. The topological polar surface area (TPSA) is 92.3 Å². The molecule has 2 aromatic heterocycles. The first-order chi connectivity index (χ1) is 12.8. The van der Waals surface area contributed by atoms with Gasteiger partial charge < -0.3 is 4.74 Å². The summed E-state index contributed by atoms with van der Waals surface area (Å²) in [6.45, 7) is 2.67. The number of nitrogens with zero attached hydrogens (tertiary/aromatic N) is 3. The highest BCUT2D eigenvalue weighted by Crippen LogP contribution is 2.28. The van der Waals surface area contributed by atoms with Crippen molar-refractivity contribution >= 4 is 12.1 Å². The Kier molecular flexibility index (Phi) is 5.72. The van der Waals surface area contributed by atoms with Gasteiger partial charge in [-0.25, -0.2) is 5.43 Å². The molecular formula is C19H19N5O2. The zero-order valence-corrected chi connectivity index (χ0v) is 14.3. The molecule has 0 bridgehead atoms. The van der Waals surface area contributed by atoms with Gasteiger partial charge in [-0.05, 0) is 30.7 Å². The fourth-order valence-electron chi connectivity index (χ4n) is 2.27. The Labute approximate surface area is 151 Å². The molecule has 0 fully saturated rings. The number of aromatic nitrogens is 3. The van der Waals surface area contributed by atoms with Gasteiger partial charge in [-0.3, -0.25) is 14.9 Å². The predicted octanol–water partition coefficient (Wildman–Crippen LogP) is 3.02. The number of H-pyrrole nitrogens is 1. The van der Waals surface area contributed by atoms with Crippen LogP contribution in [0.1, 0.15) is 29.4 Å². The minimum atomic E-state index is -0.379. The zero-order valence-electron chi connectivity index (χ0n) is 14.3. The smallest absolute Gasteiger partial charge is 0.289 e. The van der Waals surface area contributed by atoms with Crippen molar-refractivity contribution in [3.63, 3.8) is 0 Å². The highest BCUT2D eigenvalue weighted by atomic mass is 16.5. The van der Waals surface area contributed by atoms with Gasteiger partial charge in [-0.15, -0.1) is 0 Å². The number of benzene rings is 1. The number of hydrogen-bond donors (Lipinski definition) is 2. The van der Waals surface area contributed by atoms with Crippen molar-refractivity contribution in [3.05, 3.63) is 66.1 Å². The molecule has 0 spiro atoms. The lowest BCUT2D eigenvalue weighted by molar-refractivity contribution is 0.0950. The molecule has 0 saturated heterocycles. The van der Waals surface area contributed by atoms with Crippen LogP contribution in [0.25, 0.3) is 11.3 Å². The average Bonchev–Trinajstić information content (AvgIpc) is 3.17. The number of ether oxygens (including phenoxy) is 1. The van der Waals surface area contributed by atoms with Crippen LogP contribution in [0.15, 0.2) is 60.0 Å². The Hall–Kier alpha value is -3.48. The maximum absolute atomic E-state index is 12.2. The van der Waals surface area contributed by atoms with Gasteiger partial charge in [0.2, 0.25) is 0 Å². The number of hydrazone groups is 1. The Bertz CT molecular complexity index is 890. The van der Waals surface area contributed by atoms with E-state index >= 15 is 0 Å². The highest BCUT2D eigenvalue weighted by Gasteiger charge is 2.13. The Morgan fingerprint density at radius 1 is 1.31 bits per heavy atom. The van der Waals surface area contributed by atoms with Crippen LogP contribution in [-0.4, -0.2) is 33.9 Å². The molecular weight excluding hydrogens is 330 g/mol. The standard InChI is InChI=1S/C19H19N5O2/c1-2-10-26-18-8-4-3-7-15(18)16-11-17(23-22-16)19(25)24-21-13-14-6-5-9-20-12-14/h3-9,11-13H,2,10H2,1H3,(H,22,23)(H,24,25)/b21-13-. The number of carbonyl (C=O) groups is 1. The molecule has 2 N–H and O–H groups in total. The molecule has 2 heterocycles. The molecule has 3 aromatic rings. The third-order valence-corrected chi connectivity index (χ3v) is 3.51. The van der Waals surface area contributed by atoms with Crippen molar-refractivity contribution in [2.75, 3.05) is 6.61 Å². The molecule has 0 saturated carbocycles. The van der Waals surface area contributed by atoms with E-state index in [2.05, 4.69) is 25.7 Å². The first kappa shape index (κ1) is 17.3. The molecule has 132 valence electrons. The van der Waals surface area contributed by atoms with Gasteiger partial charge in [0.1, 0.15) is 11.4 Å². The van der Waals surface area contributed by atoms with Gasteiger partial charge in [0.15, 0.2) is 0 Å². The lowest BCUT2D eigenvalue weighted by Crippen LogP contribution is -2.18. The van der Waals surface area contributed by atoms with Crippen LogP contribution in [0.4, 0.5) is 0 Å². The predicted molar refractivity (Wildman–Crippen MR) is 99.1 cm³/mol. The van der Waals surface area contributed by atoms with Crippen molar-refractivity contribution in [2.24, 2.45) is 5.10 Å². The van der Waals surface area contributed by atoms with E-state index in [-0.39, 0.29) is 5.91 Å². The SMILES string of the molecule is CCCOc1ccccc1-c1cc(C(=O)N/N=C\c2cccnc2)[nH]n1. The highest BCUT2D eigenvalue weighted by molar-refractivity contribution is 5.94. The Morgan fingerprint density at radius 3 is 3.00 bits per heavy atom. The van der Waals surface area contributed by atoms with Crippen molar-refractivity contribution in [3.8, 4) is 17.0 Å². The summed E-state index contributed by atoms with van der Waals surface area (Å²) in [4.78, 5) is 16.2. The van der Waals surface area contributed by atoms with Crippen molar-refractivity contribution in [1.82, 2.24) is 20.6 Å². The van der Waals surface area contributed by atoms with Crippen LogP contribution in [0.5, 0.6) is 5.75 Å². The number of hydrogen-bond acceptors (Lipinski definition) is 5. The van der Waals surface area contributed by atoms with Crippen LogP contribution in [0.3, 0.4) is 0 Å². The number of rotatable bonds is 7. The van der Waals surface area contributed by atoms with E-state index in [0.717, 1.165) is 23.3 Å². The van der Waals surface area contributed by atoms with Gasteiger partial charge in [-0.1, -0.05) is 25.1 Å². The number of amides is 1. The van der Waals surface area contributed by atoms with Crippen LogP contribution >= 0.6 is 0 Å². The summed E-state index contributed by atoms with van der Waals surface area (Å²) in [7, 11) is 0. The van der Waals surface area contributed by atoms with E-state index in [1.54, 1.807) is 24.5 Å². The Balaban J connectivity index is 1.70. The molecule has 0 aliphatic rings. The molecule has 26 heavy (non-hydrogen) atoms. The fourth-order valence-corrected chi connectivity index (χ4v) is 2.27. The zero-order chi connectivity index (χ0) is 18.2. The van der Waals surface area contributed by atoms with Gasteiger partial charge in [0.05, 0.1) is 18.5 Å². The normalized spacial score (nSPS) is 10.8. The molecule has 0 atom stereocenters. The van der Waals surface area contributed by atoms with Crippen LogP contribution in [0.2, 0.25) is 0 Å². The molecule has 7 heteroatoms. The summed E-state index contributed by atoms with van der Waals surface area (Å²) in [5, 5.41) is 10.9. The van der Waals surface area contributed by atoms with Crippen LogP contribution < -0.4 is 10.2 Å². The van der Waals surface area contributed by atoms with Crippen molar-refractivity contribution < 1.29 is 9.53 Å². The van der Waals surface area contributed by atoms with Crippen molar-refractivity contribution in [2.45, 2.75) is 13.3 Å². The number of para-hydroxylation sites is 1. The lowest BCUT2D eigenvalue weighted by Gasteiger charge is -2.08. The van der Waals surface area contributed by atoms with E-state index in [9.17, 15) is 4.79 Å². The fraction of sp³-hybridized carbons (Fsp3) is 0.158. The second kappa shape index (κ2) is 8.57. The first-order valence-electron chi connectivity index (χ1n) is 8.29. The summed E-state index contributed by atoms with van der Waals surface area (Å²) < 4.78 is 5.74. The van der Waals surface area contributed by atoms with E-state index in [4.69, 9.17) is 4.74 Å². The number of pyridine rings is 1. The van der Waals surface area contributed by atoms with E-state index in [0.29, 0.717) is 18.0 Å². The third-order valence-electron chi connectivity index (χ3n) is 3.51. The molecule has 7 nitrogen and oxygen atoms in total. The van der Waals surface area contributed by atoms with Crippen molar-refractivity contribution in [1.29, 1.82) is 0 Å². The average molecular weight is 349 g/mol. The molecule has 3 rings (SSSR count). The van der Waals surface area contributed by atoms with Gasteiger partial charge in [0, 0.05) is 23.5 Å². The number of carbonyl (C=O) groups excluding carboxylic acids is 1. The summed E-state index contributed by atoms with van der Waals surface area (Å²) in [5.41, 5.74) is 5.03. The molecule has 0 unspecified atom stereocenters. The monoisotopic (exact) mass is 349 g/mol.